The molecule has 0 unspecified atom stereocenters. The van der Waals surface area contributed by atoms with Crippen molar-refractivity contribution in [1.82, 2.24) is 0 Å². The van der Waals surface area contributed by atoms with Gasteiger partial charge in [0.25, 0.3) is 0 Å². The lowest BCUT2D eigenvalue weighted by molar-refractivity contribution is 0.0698. The van der Waals surface area contributed by atoms with E-state index < -0.39 is 5.97 Å². The van der Waals surface area contributed by atoms with E-state index in [1.165, 1.54) is 6.07 Å². The third kappa shape index (κ3) is 3.63. The van der Waals surface area contributed by atoms with Crippen molar-refractivity contribution in [3.8, 4) is 11.1 Å². The summed E-state index contributed by atoms with van der Waals surface area (Å²) in [6.45, 7) is 2.02. The van der Waals surface area contributed by atoms with Gasteiger partial charge in [-0.3, -0.25) is 0 Å². The second-order valence-electron chi connectivity index (χ2n) is 5.61. The standard InChI is InChI=1S/C20H15Cl2NO2/c1-12-6-2-3-7-14(12)13-10-16(21)19(17(22)11-13)23-18-9-5-4-8-15(18)20(24)25/h2-11,23H,1H3,(H,24,25). The van der Waals surface area contributed by atoms with Gasteiger partial charge in [0.1, 0.15) is 0 Å². The molecule has 0 bridgehead atoms. The Morgan fingerprint density at radius 2 is 1.56 bits per heavy atom. The predicted octanol–water partition coefficient (Wildman–Crippen LogP) is 6.41. The summed E-state index contributed by atoms with van der Waals surface area (Å²) in [6, 6.07) is 18.2. The Morgan fingerprint density at radius 3 is 2.20 bits per heavy atom. The van der Waals surface area contributed by atoms with Gasteiger partial charge < -0.3 is 10.4 Å². The van der Waals surface area contributed by atoms with Crippen molar-refractivity contribution in [1.29, 1.82) is 0 Å². The number of carboxylic acids is 1. The molecule has 3 aromatic rings. The Bertz CT molecular complexity index is 931. The van der Waals surface area contributed by atoms with E-state index in [0.717, 1.165) is 16.7 Å². The molecule has 0 amide bonds. The van der Waals surface area contributed by atoms with E-state index in [2.05, 4.69) is 5.32 Å². The van der Waals surface area contributed by atoms with Crippen LogP contribution in [0.1, 0.15) is 15.9 Å². The minimum atomic E-state index is -1.02. The molecule has 0 saturated carbocycles. The van der Waals surface area contributed by atoms with Gasteiger partial charge in [-0.25, -0.2) is 4.79 Å². The second-order valence-corrected chi connectivity index (χ2v) is 6.42. The van der Waals surface area contributed by atoms with Crippen LogP contribution in [0, 0.1) is 6.92 Å². The zero-order chi connectivity index (χ0) is 18.0. The fourth-order valence-electron chi connectivity index (χ4n) is 2.66. The number of benzene rings is 3. The molecule has 5 heteroatoms. The second kappa shape index (κ2) is 7.18. The zero-order valence-corrected chi connectivity index (χ0v) is 14.9. The van der Waals surface area contributed by atoms with Crippen LogP contribution in [0.3, 0.4) is 0 Å². The molecule has 0 radical (unpaired) electrons. The van der Waals surface area contributed by atoms with Gasteiger partial charge in [-0.05, 0) is 47.9 Å². The molecular weight excluding hydrogens is 357 g/mol. The van der Waals surface area contributed by atoms with Crippen LogP contribution < -0.4 is 5.32 Å². The number of aromatic carboxylic acids is 1. The Balaban J connectivity index is 2.03. The number of carboxylic acid groups (broad SMARTS) is 1. The zero-order valence-electron chi connectivity index (χ0n) is 13.4. The maximum Gasteiger partial charge on any atom is 0.337 e. The number of carbonyl (C=O) groups is 1. The number of aryl methyl sites for hydroxylation is 1. The molecule has 0 atom stereocenters. The molecule has 3 nitrogen and oxygen atoms in total. The first-order valence-corrected chi connectivity index (χ1v) is 8.37. The van der Waals surface area contributed by atoms with Crippen molar-refractivity contribution < 1.29 is 9.90 Å². The van der Waals surface area contributed by atoms with Crippen LogP contribution >= 0.6 is 23.2 Å². The molecule has 0 aliphatic carbocycles. The first-order chi connectivity index (χ1) is 12.0. The molecule has 3 aromatic carbocycles. The Kier molecular flexibility index (Phi) is 4.98. The fourth-order valence-corrected chi connectivity index (χ4v) is 3.24. The van der Waals surface area contributed by atoms with Crippen LogP contribution in [-0.2, 0) is 0 Å². The number of halogens is 2. The van der Waals surface area contributed by atoms with Crippen LogP contribution in [0.25, 0.3) is 11.1 Å². The van der Waals surface area contributed by atoms with Crippen molar-refractivity contribution in [2.24, 2.45) is 0 Å². The molecule has 0 fully saturated rings. The average Bonchev–Trinajstić information content (AvgIpc) is 2.58. The van der Waals surface area contributed by atoms with Gasteiger partial charge in [0.2, 0.25) is 0 Å². The van der Waals surface area contributed by atoms with Crippen LogP contribution in [0.15, 0.2) is 60.7 Å². The maximum atomic E-state index is 11.4. The molecule has 25 heavy (non-hydrogen) atoms. The molecule has 0 aliphatic heterocycles. The van der Waals surface area contributed by atoms with E-state index >= 15 is 0 Å². The van der Waals surface area contributed by atoms with Crippen molar-refractivity contribution in [3.63, 3.8) is 0 Å². The number of para-hydroxylation sites is 1. The highest BCUT2D eigenvalue weighted by Crippen LogP contribution is 2.38. The lowest BCUT2D eigenvalue weighted by Gasteiger charge is -2.15. The quantitative estimate of drug-likeness (QED) is 0.556. The highest BCUT2D eigenvalue weighted by Gasteiger charge is 2.14. The number of anilines is 2. The molecule has 0 spiro atoms. The summed E-state index contributed by atoms with van der Waals surface area (Å²) in [5.74, 6) is -1.02. The summed E-state index contributed by atoms with van der Waals surface area (Å²) in [5, 5.41) is 13.2. The van der Waals surface area contributed by atoms with E-state index in [-0.39, 0.29) is 5.56 Å². The Hall–Kier alpha value is -2.49. The van der Waals surface area contributed by atoms with Crippen LogP contribution in [0.2, 0.25) is 10.0 Å². The summed E-state index contributed by atoms with van der Waals surface area (Å²) < 4.78 is 0. The van der Waals surface area contributed by atoms with Crippen LogP contribution in [-0.4, -0.2) is 11.1 Å². The lowest BCUT2D eigenvalue weighted by Crippen LogP contribution is -2.03. The molecular formula is C20H15Cl2NO2. The van der Waals surface area contributed by atoms with Gasteiger partial charge in [-0.1, -0.05) is 59.6 Å². The first kappa shape index (κ1) is 17.3. The van der Waals surface area contributed by atoms with E-state index in [9.17, 15) is 9.90 Å². The highest BCUT2D eigenvalue weighted by molar-refractivity contribution is 6.39. The third-order valence-corrected chi connectivity index (χ3v) is 4.51. The molecule has 0 aromatic heterocycles. The smallest absolute Gasteiger partial charge is 0.337 e. The van der Waals surface area contributed by atoms with Gasteiger partial charge in [0.15, 0.2) is 0 Å². The van der Waals surface area contributed by atoms with Gasteiger partial charge >= 0.3 is 5.97 Å². The number of hydrogen-bond donors (Lipinski definition) is 2. The monoisotopic (exact) mass is 371 g/mol. The van der Waals surface area contributed by atoms with Gasteiger partial charge in [-0.15, -0.1) is 0 Å². The first-order valence-electron chi connectivity index (χ1n) is 7.62. The molecule has 0 saturated heterocycles. The lowest BCUT2D eigenvalue weighted by atomic mass is 10.0. The molecule has 2 N–H and O–H groups in total. The largest absolute Gasteiger partial charge is 0.478 e. The van der Waals surface area contributed by atoms with E-state index in [4.69, 9.17) is 23.2 Å². The summed E-state index contributed by atoms with van der Waals surface area (Å²) in [6.07, 6.45) is 0. The summed E-state index contributed by atoms with van der Waals surface area (Å²) >= 11 is 12.8. The molecule has 0 aliphatic rings. The average molecular weight is 372 g/mol. The predicted molar refractivity (Wildman–Crippen MR) is 103 cm³/mol. The molecule has 3 rings (SSSR count). The number of hydrogen-bond acceptors (Lipinski definition) is 2. The van der Waals surface area contributed by atoms with Crippen molar-refractivity contribution >= 4 is 40.5 Å². The third-order valence-electron chi connectivity index (χ3n) is 3.92. The van der Waals surface area contributed by atoms with Crippen LogP contribution in [0.5, 0.6) is 0 Å². The maximum absolute atomic E-state index is 11.4. The summed E-state index contributed by atoms with van der Waals surface area (Å²) in [5.41, 5.74) is 4.13. The SMILES string of the molecule is Cc1ccccc1-c1cc(Cl)c(Nc2ccccc2C(=O)O)c(Cl)c1. The Labute approximate surface area is 155 Å². The molecule has 0 heterocycles. The summed E-state index contributed by atoms with van der Waals surface area (Å²) in [4.78, 5) is 11.4. The molecule has 126 valence electrons. The van der Waals surface area contributed by atoms with Gasteiger partial charge in [0.05, 0.1) is 27.0 Å². The topological polar surface area (TPSA) is 49.3 Å². The van der Waals surface area contributed by atoms with Crippen molar-refractivity contribution in [2.75, 3.05) is 5.32 Å². The van der Waals surface area contributed by atoms with Gasteiger partial charge in [-0.2, -0.15) is 0 Å². The fraction of sp³-hybridized carbons (Fsp3) is 0.0500. The van der Waals surface area contributed by atoms with Crippen LogP contribution in [0.4, 0.5) is 11.4 Å². The van der Waals surface area contributed by atoms with E-state index in [1.807, 2.05) is 43.3 Å². The van der Waals surface area contributed by atoms with Crippen molar-refractivity contribution in [3.05, 3.63) is 81.8 Å². The van der Waals surface area contributed by atoms with Gasteiger partial charge in [0, 0.05) is 0 Å². The normalized spacial score (nSPS) is 10.5. The highest BCUT2D eigenvalue weighted by atomic mass is 35.5. The summed E-state index contributed by atoms with van der Waals surface area (Å²) in [7, 11) is 0. The van der Waals surface area contributed by atoms with E-state index in [1.54, 1.807) is 18.2 Å². The van der Waals surface area contributed by atoms with E-state index in [0.29, 0.717) is 21.4 Å². The minimum Gasteiger partial charge on any atom is -0.478 e. The Morgan fingerprint density at radius 1 is 0.960 bits per heavy atom. The minimum absolute atomic E-state index is 0.151. The van der Waals surface area contributed by atoms with Crippen molar-refractivity contribution in [2.45, 2.75) is 6.92 Å². The number of rotatable bonds is 4. The number of nitrogens with one attached hydrogen (secondary N) is 1.